The smallest absolute Gasteiger partial charge is 0.326 e. The molecule has 0 saturated heterocycles. The van der Waals surface area contributed by atoms with Crippen molar-refractivity contribution < 1.29 is 23.8 Å². The lowest BCUT2D eigenvalue weighted by atomic mass is 10.0. The molecule has 0 fully saturated rings. The van der Waals surface area contributed by atoms with Crippen LogP contribution in [0.2, 0.25) is 0 Å². The number of nitrogens with zero attached hydrogens (tertiary/aromatic N) is 5. The number of nitro benzene ring substituents is 1. The molecular formula is C13H11N5O6. The van der Waals surface area contributed by atoms with E-state index in [9.17, 15) is 15.2 Å². The average Bonchev–Trinajstić information content (AvgIpc) is 3.15. The van der Waals surface area contributed by atoms with E-state index in [1.807, 2.05) is 0 Å². The maximum absolute atomic E-state index is 11.5. The highest BCUT2D eigenvalue weighted by Crippen LogP contribution is 2.47. The third kappa shape index (κ3) is 2.41. The normalized spacial score (nSPS) is 10.8. The fraction of sp³-hybridized carbons (Fsp3) is 0.231. The monoisotopic (exact) mass is 333 g/mol. The highest BCUT2D eigenvalue weighted by Gasteiger charge is 2.33. The molecule has 0 unspecified atom stereocenters. The van der Waals surface area contributed by atoms with E-state index < -0.39 is 16.4 Å². The molecule has 0 amide bonds. The largest absolute Gasteiger partial charge is 0.499 e. The summed E-state index contributed by atoms with van der Waals surface area (Å²) in [6.07, 6.45) is 0. The van der Waals surface area contributed by atoms with Gasteiger partial charge in [0.1, 0.15) is 5.56 Å². The number of ether oxygens (including phenoxy) is 1. The Labute approximate surface area is 134 Å². The van der Waals surface area contributed by atoms with Gasteiger partial charge in [-0.1, -0.05) is 10.3 Å². The molecule has 1 N–H and O–H groups in total. The average molecular weight is 333 g/mol. The highest BCUT2D eigenvalue weighted by molar-refractivity contribution is 5.89. The first kappa shape index (κ1) is 15.4. The Bertz CT molecular complexity index is 931. The van der Waals surface area contributed by atoms with Crippen molar-refractivity contribution in [3.8, 4) is 34.3 Å². The number of rotatable bonds is 4. The fourth-order valence-corrected chi connectivity index (χ4v) is 2.18. The Balaban J connectivity index is 2.42. The molecule has 124 valence electrons. The van der Waals surface area contributed by atoms with Crippen molar-refractivity contribution in [2.75, 3.05) is 7.11 Å². The van der Waals surface area contributed by atoms with E-state index in [-0.39, 0.29) is 40.3 Å². The van der Waals surface area contributed by atoms with Crippen LogP contribution in [0.15, 0.2) is 15.1 Å². The summed E-state index contributed by atoms with van der Waals surface area (Å²) >= 11 is 0. The number of aromatic nitrogens is 4. The Morgan fingerprint density at radius 1 is 1.17 bits per heavy atom. The molecule has 3 aromatic rings. The van der Waals surface area contributed by atoms with Crippen LogP contribution in [0.4, 0.5) is 5.69 Å². The second-order valence-corrected chi connectivity index (χ2v) is 4.73. The predicted molar refractivity (Wildman–Crippen MR) is 77.4 cm³/mol. The molecule has 24 heavy (non-hydrogen) atoms. The molecule has 0 aliphatic carbocycles. The van der Waals surface area contributed by atoms with Crippen LogP contribution in [-0.4, -0.2) is 37.4 Å². The maximum Gasteiger partial charge on any atom is 0.326 e. The molecule has 0 spiro atoms. The standard InChI is InChI=1S/C13H11N5O6/c1-5-14-12(16-23-5)7-4-8(22-3)11(19)10(18(20)21)9(7)13-15-6(2)24-17-13/h4,19H,1-3H3. The minimum atomic E-state index is -0.769. The maximum atomic E-state index is 11.5. The lowest BCUT2D eigenvalue weighted by molar-refractivity contribution is -0.385. The van der Waals surface area contributed by atoms with Crippen LogP contribution >= 0.6 is 0 Å². The van der Waals surface area contributed by atoms with Crippen molar-refractivity contribution in [1.29, 1.82) is 0 Å². The molecule has 0 saturated carbocycles. The van der Waals surface area contributed by atoms with Gasteiger partial charge < -0.3 is 18.9 Å². The first-order valence-corrected chi connectivity index (χ1v) is 6.62. The number of aromatic hydroxyl groups is 1. The molecule has 2 heterocycles. The van der Waals surface area contributed by atoms with Gasteiger partial charge in [-0.15, -0.1) is 0 Å². The van der Waals surface area contributed by atoms with Gasteiger partial charge >= 0.3 is 5.69 Å². The Morgan fingerprint density at radius 2 is 1.75 bits per heavy atom. The van der Waals surface area contributed by atoms with Crippen LogP contribution in [0, 0.1) is 24.0 Å². The summed E-state index contributed by atoms with van der Waals surface area (Å²) in [5.41, 5.74) is -0.586. The Hall–Kier alpha value is -3.50. The van der Waals surface area contributed by atoms with E-state index in [0.29, 0.717) is 0 Å². The molecule has 0 radical (unpaired) electrons. The Kier molecular flexibility index (Phi) is 3.60. The molecule has 11 nitrogen and oxygen atoms in total. The molecule has 1 aromatic carbocycles. The van der Waals surface area contributed by atoms with Crippen LogP contribution in [0.3, 0.4) is 0 Å². The number of phenols is 1. The van der Waals surface area contributed by atoms with E-state index >= 15 is 0 Å². The quantitative estimate of drug-likeness (QED) is 0.554. The third-order valence-electron chi connectivity index (χ3n) is 3.16. The van der Waals surface area contributed by atoms with E-state index in [0.717, 1.165) is 0 Å². The summed E-state index contributed by atoms with van der Waals surface area (Å²) in [5, 5.41) is 29.1. The number of phenolic OH excluding ortho intramolecular Hbond substituents is 1. The number of aryl methyl sites for hydroxylation is 2. The van der Waals surface area contributed by atoms with Gasteiger partial charge in [0.25, 0.3) is 0 Å². The number of benzene rings is 1. The van der Waals surface area contributed by atoms with Crippen LogP contribution in [-0.2, 0) is 0 Å². The summed E-state index contributed by atoms with van der Waals surface area (Å²) < 4.78 is 14.8. The van der Waals surface area contributed by atoms with Crippen molar-refractivity contribution in [3.05, 3.63) is 28.0 Å². The van der Waals surface area contributed by atoms with Gasteiger partial charge in [-0.25, -0.2) is 0 Å². The number of nitro groups is 1. The van der Waals surface area contributed by atoms with Crippen LogP contribution in [0.5, 0.6) is 11.5 Å². The van der Waals surface area contributed by atoms with Gasteiger partial charge in [-0.3, -0.25) is 10.1 Å². The van der Waals surface area contributed by atoms with Gasteiger partial charge in [0, 0.05) is 19.4 Å². The van der Waals surface area contributed by atoms with Crippen molar-refractivity contribution in [2.24, 2.45) is 0 Å². The fourth-order valence-electron chi connectivity index (χ4n) is 2.18. The van der Waals surface area contributed by atoms with Crippen LogP contribution in [0.25, 0.3) is 22.8 Å². The zero-order chi connectivity index (χ0) is 17.4. The molecule has 3 rings (SSSR count). The first-order chi connectivity index (χ1) is 11.4. The summed E-state index contributed by atoms with van der Waals surface area (Å²) in [6, 6.07) is 1.34. The van der Waals surface area contributed by atoms with Gasteiger partial charge in [-0.05, 0) is 6.07 Å². The highest BCUT2D eigenvalue weighted by atomic mass is 16.6. The van der Waals surface area contributed by atoms with Crippen molar-refractivity contribution in [3.63, 3.8) is 0 Å². The summed E-state index contributed by atoms with van der Waals surface area (Å²) in [7, 11) is 1.27. The van der Waals surface area contributed by atoms with Gasteiger partial charge in [-0.2, -0.15) is 9.97 Å². The first-order valence-electron chi connectivity index (χ1n) is 6.62. The minimum absolute atomic E-state index is 0.0614. The second-order valence-electron chi connectivity index (χ2n) is 4.73. The van der Waals surface area contributed by atoms with E-state index in [4.69, 9.17) is 13.8 Å². The SMILES string of the molecule is COc1cc(-c2noc(C)n2)c(-c2noc(C)n2)c([N+](=O)[O-])c1O. The van der Waals surface area contributed by atoms with Gasteiger partial charge in [0.05, 0.1) is 12.0 Å². The van der Waals surface area contributed by atoms with Crippen molar-refractivity contribution in [1.82, 2.24) is 20.3 Å². The topological polar surface area (TPSA) is 150 Å². The predicted octanol–water partition coefficient (Wildman–Crippen LogP) is 2.03. The number of hydrogen-bond acceptors (Lipinski definition) is 10. The van der Waals surface area contributed by atoms with Gasteiger partial charge in [0.2, 0.25) is 29.2 Å². The van der Waals surface area contributed by atoms with Crippen molar-refractivity contribution >= 4 is 5.69 Å². The Morgan fingerprint density at radius 3 is 2.21 bits per heavy atom. The molecule has 0 aliphatic rings. The molecular weight excluding hydrogens is 322 g/mol. The molecule has 0 aliphatic heterocycles. The van der Waals surface area contributed by atoms with E-state index in [1.54, 1.807) is 6.92 Å². The summed E-state index contributed by atoms with van der Waals surface area (Å²) in [4.78, 5) is 18.8. The van der Waals surface area contributed by atoms with E-state index in [2.05, 4.69) is 20.3 Å². The lowest BCUT2D eigenvalue weighted by Crippen LogP contribution is -2.00. The van der Waals surface area contributed by atoms with Crippen LogP contribution < -0.4 is 4.74 Å². The molecule has 2 aromatic heterocycles. The summed E-state index contributed by atoms with van der Waals surface area (Å²) in [5.74, 6) is -0.354. The molecule has 0 bridgehead atoms. The lowest BCUT2D eigenvalue weighted by Gasteiger charge is -2.09. The second kappa shape index (κ2) is 5.61. The number of hydrogen-bond donors (Lipinski definition) is 1. The van der Waals surface area contributed by atoms with E-state index in [1.165, 1.54) is 20.1 Å². The minimum Gasteiger partial charge on any atom is -0.499 e. The molecule has 11 heteroatoms. The molecule has 0 atom stereocenters. The number of methoxy groups -OCH3 is 1. The summed E-state index contributed by atoms with van der Waals surface area (Å²) in [6.45, 7) is 3.10. The van der Waals surface area contributed by atoms with Crippen LogP contribution in [0.1, 0.15) is 11.8 Å². The zero-order valence-electron chi connectivity index (χ0n) is 12.8. The van der Waals surface area contributed by atoms with Gasteiger partial charge in [0.15, 0.2) is 5.75 Å². The third-order valence-corrected chi connectivity index (χ3v) is 3.16. The van der Waals surface area contributed by atoms with Crippen molar-refractivity contribution in [2.45, 2.75) is 13.8 Å². The zero-order valence-corrected chi connectivity index (χ0v) is 12.8.